The van der Waals surface area contributed by atoms with Crippen LogP contribution >= 0.6 is 0 Å². The molecule has 6 heteroatoms. The summed E-state index contributed by atoms with van der Waals surface area (Å²) in [4.78, 5) is 35.9. The van der Waals surface area contributed by atoms with Crippen molar-refractivity contribution in [3.05, 3.63) is 96.1 Å². The first kappa shape index (κ1) is 52.5. The van der Waals surface area contributed by atoms with Crippen molar-refractivity contribution in [3.8, 4) is 0 Å². The van der Waals surface area contributed by atoms with Gasteiger partial charge in [-0.2, -0.15) is 0 Å². The van der Waals surface area contributed by atoms with E-state index >= 15 is 0 Å². The lowest BCUT2D eigenvalue weighted by molar-refractivity contribution is -0.149. The van der Waals surface area contributed by atoms with Gasteiger partial charge in [0.15, 0.2) is 0 Å². The molecule has 0 amide bonds. The number of benzene rings is 2. The number of carbonyl (C=O) groups is 3. The molecule has 0 aromatic heterocycles. The zero-order chi connectivity index (χ0) is 42.8. The van der Waals surface area contributed by atoms with Crippen molar-refractivity contribution in [1.29, 1.82) is 0 Å². The molecule has 0 N–H and O–H groups in total. The molecule has 0 bridgehead atoms. The van der Waals surface area contributed by atoms with E-state index < -0.39 is 0 Å². The van der Waals surface area contributed by atoms with Gasteiger partial charge in [-0.3, -0.25) is 14.4 Å². The van der Waals surface area contributed by atoms with Crippen molar-refractivity contribution in [2.24, 2.45) is 0 Å². The Morgan fingerprint density at radius 1 is 0.417 bits per heavy atom. The molecule has 0 radical (unpaired) electrons. The van der Waals surface area contributed by atoms with Crippen LogP contribution in [0.15, 0.2) is 85.0 Å². The third-order valence-electron chi connectivity index (χ3n) is 11.2. The second-order valence-corrected chi connectivity index (χ2v) is 16.7. The van der Waals surface area contributed by atoms with Gasteiger partial charge < -0.3 is 14.2 Å². The highest BCUT2D eigenvalue weighted by molar-refractivity contribution is 5.69. The molecule has 0 fully saturated rings. The normalized spacial score (nSPS) is 11.5. The molecule has 0 aliphatic carbocycles. The molecule has 0 spiro atoms. The summed E-state index contributed by atoms with van der Waals surface area (Å²) < 4.78 is 16.5. The maximum Gasteiger partial charge on any atom is 0.306 e. The van der Waals surface area contributed by atoms with Crippen molar-refractivity contribution in [2.75, 3.05) is 0 Å². The first-order chi connectivity index (χ1) is 29.6. The highest BCUT2D eigenvalue weighted by Crippen LogP contribution is 2.19. The van der Waals surface area contributed by atoms with Crippen molar-refractivity contribution in [3.63, 3.8) is 0 Å². The van der Waals surface area contributed by atoms with Crippen molar-refractivity contribution < 1.29 is 28.6 Å². The molecular weight excluding hydrogens is 745 g/mol. The monoisotopic (exact) mass is 829 g/mol. The molecule has 2 aromatic rings. The van der Waals surface area contributed by atoms with Gasteiger partial charge in [0.1, 0.15) is 19.3 Å². The van der Waals surface area contributed by atoms with E-state index in [0.29, 0.717) is 32.5 Å². The van der Waals surface area contributed by atoms with Gasteiger partial charge in [0, 0.05) is 19.3 Å². The Hall–Kier alpha value is -3.67. The van der Waals surface area contributed by atoms with Crippen LogP contribution in [0.5, 0.6) is 0 Å². The number of hydrogen-bond donors (Lipinski definition) is 0. The molecule has 0 saturated carbocycles. The fourth-order valence-corrected chi connectivity index (χ4v) is 7.43. The Morgan fingerprint density at radius 3 is 1.08 bits per heavy atom. The number of esters is 3. The minimum absolute atomic E-state index is 0.0518. The first-order valence-electron chi connectivity index (χ1n) is 24.5. The quantitative estimate of drug-likeness (QED) is 0.0288. The number of ether oxygens (including phenoxy) is 3. The molecule has 0 aliphatic heterocycles. The molecule has 2 aromatic carbocycles. The lowest BCUT2D eigenvalue weighted by Gasteiger charge is -2.17. The average molecular weight is 829 g/mol. The zero-order valence-electron chi connectivity index (χ0n) is 37.9. The largest absolute Gasteiger partial charge is 0.462 e. The van der Waals surface area contributed by atoms with Crippen LogP contribution in [0.25, 0.3) is 0 Å². The second-order valence-electron chi connectivity index (χ2n) is 16.7. The highest BCUT2D eigenvalue weighted by Gasteiger charge is 2.13. The molecule has 2 rings (SSSR count). The molecule has 0 saturated heterocycles. The molecule has 336 valence electrons. The summed E-state index contributed by atoms with van der Waals surface area (Å²) >= 11 is 0. The highest BCUT2D eigenvalue weighted by atomic mass is 16.5. The van der Waals surface area contributed by atoms with Crippen LogP contribution < -0.4 is 0 Å². The van der Waals surface area contributed by atoms with Gasteiger partial charge in [0.25, 0.3) is 0 Å². The lowest BCUT2D eigenvalue weighted by Crippen LogP contribution is -2.17. The predicted octanol–water partition coefficient (Wildman–Crippen LogP) is 15.6. The molecule has 0 atom stereocenters. The van der Waals surface area contributed by atoms with Crippen molar-refractivity contribution >= 4 is 17.9 Å². The van der Waals surface area contributed by atoms with E-state index in [1.165, 1.54) is 116 Å². The van der Waals surface area contributed by atoms with E-state index in [9.17, 15) is 14.4 Å². The van der Waals surface area contributed by atoms with Gasteiger partial charge in [0.2, 0.25) is 0 Å². The topological polar surface area (TPSA) is 78.9 Å². The van der Waals surface area contributed by atoms with Crippen LogP contribution in [0.2, 0.25) is 0 Å². The minimum Gasteiger partial charge on any atom is -0.462 e. The van der Waals surface area contributed by atoms with Gasteiger partial charge in [-0.25, -0.2) is 0 Å². The second kappa shape index (κ2) is 39.5. The number of allylic oxidation sites excluding steroid dienone is 4. The van der Waals surface area contributed by atoms with Crippen LogP contribution in [-0.4, -0.2) is 24.0 Å². The van der Waals surface area contributed by atoms with Crippen molar-refractivity contribution in [1.82, 2.24) is 0 Å². The van der Waals surface area contributed by atoms with E-state index in [-0.39, 0.29) is 24.0 Å². The van der Waals surface area contributed by atoms with Crippen LogP contribution in [0.1, 0.15) is 217 Å². The fourth-order valence-electron chi connectivity index (χ4n) is 7.43. The van der Waals surface area contributed by atoms with Gasteiger partial charge in [-0.05, 0) is 101 Å². The van der Waals surface area contributed by atoms with E-state index in [0.717, 1.165) is 75.3 Å². The Morgan fingerprint density at radius 2 is 0.733 bits per heavy atom. The molecule has 0 heterocycles. The van der Waals surface area contributed by atoms with Gasteiger partial charge in [-0.1, -0.05) is 182 Å². The SMILES string of the molecule is CCC(=O)OC(CCCCCCCC/C=C\CCCCCCCC(=O)OCc1ccccc1)CCCCCCCC/C=C\CCCCCCCC(=O)OCc1ccccc1. The van der Waals surface area contributed by atoms with Crippen LogP contribution in [0, 0.1) is 0 Å². The van der Waals surface area contributed by atoms with Crippen LogP contribution in [0.3, 0.4) is 0 Å². The summed E-state index contributed by atoms with van der Waals surface area (Å²) in [7, 11) is 0. The molecule has 0 aliphatic rings. The first-order valence-corrected chi connectivity index (χ1v) is 24.5. The van der Waals surface area contributed by atoms with E-state index in [1.54, 1.807) is 0 Å². The molecule has 6 nitrogen and oxygen atoms in total. The summed E-state index contributed by atoms with van der Waals surface area (Å²) in [6, 6.07) is 19.7. The number of rotatable bonds is 40. The summed E-state index contributed by atoms with van der Waals surface area (Å²) in [6.07, 6.45) is 44.0. The summed E-state index contributed by atoms with van der Waals surface area (Å²) in [5.74, 6) is -0.230. The number of carbonyl (C=O) groups excluding carboxylic acids is 3. The smallest absolute Gasteiger partial charge is 0.306 e. The van der Waals surface area contributed by atoms with Crippen LogP contribution in [-0.2, 0) is 41.8 Å². The Balaban J connectivity index is 1.31. The third-order valence-corrected chi connectivity index (χ3v) is 11.2. The Bertz CT molecular complexity index is 1260. The zero-order valence-corrected chi connectivity index (χ0v) is 37.9. The van der Waals surface area contributed by atoms with Gasteiger partial charge >= 0.3 is 17.9 Å². The van der Waals surface area contributed by atoms with E-state index in [1.807, 2.05) is 67.6 Å². The molecule has 60 heavy (non-hydrogen) atoms. The summed E-state index contributed by atoms with van der Waals surface area (Å²) in [5.41, 5.74) is 2.08. The van der Waals surface area contributed by atoms with Crippen LogP contribution in [0.4, 0.5) is 0 Å². The number of hydrogen-bond acceptors (Lipinski definition) is 6. The maximum absolute atomic E-state index is 12.1. The summed E-state index contributed by atoms with van der Waals surface area (Å²) in [5, 5.41) is 0. The van der Waals surface area contributed by atoms with Gasteiger partial charge in [0.05, 0.1) is 0 Å². The predicted molar refractivity (Wildman–Crippen MR) is 249 cm³/mol. The number of unbranched alkanes of at least 4 members (excludes halogenated alkanes) is 22. The van der Waals surface area contributed by atoms with Gasteiger partial charge in [-0.15, -0.1) is 0 Å². The van der Waals surface area contributed by atoms with E-state index in [4.69, 9.17) is 14.2 Å². The standard InChI is InChI=1S/C54H84O6/c1-2-52(55)60-51(43-35-25-21-17-13-9-5-3-7-11-15-19-23-27-37-45-53(56)58-47-49-39-31-29-32-40-49)44-36-26-22-18-14-10-6-4-8-12-16-20-24-28-38-46-54(57)59-48-50-41-33-30-34-42-50/h3-4,7-8,29-34,39-42,51H,2,5-6,9-28,35-38,43-48H2,1H3/b7-3-,8-4-. The fraction of sp³-hybridized carbons (Fsp3) is 0.648. The van der Waals surface area contributed by atoms with E-state index in [2.05, 4.69) is 24.3 Å². The molecule has 0 unspecified atom stereocenters. The third kappa shape index (κ3) is 33.1. The molecular formula is C54H84O6. The maximum atomic E-state index is 12.1. The lowest BCUT2D eigenvalue weighted by atomic mass is 10.0. The average Bonchev–Trinajstić information content (AvgIpc) is 3.27. The Labute approximate surface area is 366 Å². The van der Waals surface area contributed by atoms with Crippen molar-refractivity contribution in [2.45, 2.75) is 225 Å². The minimum atomic E-state index is -0.0892. The Kier molecular flexibility index (Phi) is 34.5. The summed E-state index contributed by atoms with van der Waals surface area (Å²) in [6.45, 7) is 2.64.